The summed E-state index contributed by atoms with van der Waals surface area (Å²) in [7, 11) is 0. The molecule has 8 heteroatoms. The van der Waals surface area contributed by atoms with Crippen molar-refractivity contribution in [2.45, 2.75) is 6.18 Å². The van der Waals surface area contributed by atoms with Gasteiger partial charge in [-0.15, -0.1) is 11.3 Å². The van der Waals surface area contributed by atoms with E-state index in [4.69, 9.17) is 0 Å². The number of anilines is 3. The zero-order valence-electron chi connectivity index (χ0n) is 12.7. The van der Waals surface area contributed by atoms with Gasteiger partial charge in [-0.05, 0) is 36.4 Å². The molecule has 25 heavy (non-hydrogen) atoms. The van der Waals surface area contributed by atoms with E-state index >= 15 is 0 Å². The Morgan fingerprint density at radius 2 is 1.52 bits per heavy atom. The summed E-state index contributed by atoms with van der Waals surface area (Å²) in [5, 5.41) is 5.62. The van der Waals surface area contributed by atoms with Crippen molar-refractivity contribution in [1.82, 2.24) is 4.98 Å². The number of halogens is 3. The Morgan fingerprint density at radius 1 is 0.920 bits per heavy atom. The lowest BCUT2D eigenvalue weighted by Gasteiger charge is -2.09. The Kier molecular flexibility index (Phi) is 4.71. The van der Waals surface area contributed by atoms with Crippen LogP contribution in [-0.4, -0.2) is 10.9 Å². The van der Waals surface area contributed by atoms with Crippen molar-refractivity contribution in [2.75, 3.05) is 10.6 Å². The number of amides is 1. The van der Waals surface area contributed by atoms with Gasteiger partial charge in [-0.3, -0.25) is 4.79 Å². The first kappa shape index (κ1) is 17.0. The number of alkyl halides is 3. The van der Waals surface area contributed by atoms with E-state index in [0.29, 0.717) is 17.0 Å². The van der Waals surface area contributed by atoms with E-state index in [9.17, 15) is 18.0 Å². The van der Waals surface area contributed by atoms with Crippen LogP contribution in [0.4, 0.5) is 30.2 Å². The number of nitrogens with one attached hydrogen (secondary N) is 2. The van der Waals surface area contributed by atoms with Crippen LogP contribution in [-0.2, 0) is 6.18 Å². The third kappa shape index (κ3) is 4.16. The summed E-state index contributed by atoms with van der Waals surface area (Å²) in [6.07, 6.45) is -4.66. The van der Waals surface area contributed by atoms with Crippen LogP contribution in [0.3, 0.4) is 0 Å². The van der Waals surface area contributed by atoms with E-state index in [1.165, 1.54) is 0 Å². The predicted molar refractivity (Wildman–Crippen MR) is 91.2 cm³/mol. The van der Waals surface area contributed by atoms with Crippen LogP contribution in [0.2, 0.25) is 0 Å². The van der Waals surface area contributed by atoms with Crippen LogP contribution in [0.1, 0.15) is 15.4 Å². The summed E-state index contributed by atoms with van der Waals surface area (Å²) in [5.74, 6) is -0.835. The van der Waals surface area contributed by atoms with Crippen LogP contribution >= 0.6 is 11.3 Å². The Bertz CT molecular complexity index is 861. The minimum absolute atomic E-state index is 0.394. The lowest BCUT2D eigenvalue weighted by molar-refractivity contribution is -0.141. The first-order valence-electron chi connectivity index (χ1n) is 7.17. The van der Waals surface area contributed by atoms with Crippen LogP contribution in [0, 0.1) is 0 Å². The van der Waals surface area contributed by atoms with E-state index in [0.717, 1.165) is 16.9 Å². The monoisotopic (exact) mass is 363 g/mol. The van der Waals surface area contributed by atoms with Crippen LogP contribution in [0.5, 0.6) is 0 Å². The Labute approximate surface area is 145 Å². The van der Waals surface area contributed by atoms with Gasteiger partial charge in [-0.1, -0.05) is 18.2 Å². The summed E-state index contributed by atoms with van der Waals surface area (Å²) in [4.78, 5) is 14.8. The number of rotatable bonds is 4. The highest BCUT2D eigenvalue weighted by atomic mass is 32.1. The molecule has 0 bridgehead atoms. The average molecular weight is 363 g/mol. The van der Waals surface area contributed by atoms with Gasteiger partial charge in [0.2, 0.25) is 0 Å². The van der Waals surface area contributed by atoms with Crippen molar-refractivity contribution in [2.24, 2.45) is 0 Å². The fourth-order valence-corrected chi connectivity index (χ4v) is 2.82. The largest absolute Gasteiger partial charge is 0.434 e. The lowest BCUT2D eigenvalue weighted by atomic mass is 10.2. The van der Waals surface area contributed by atoms with Gasteiger partial charge in [0, 0.05) is 17.1 Å². The molecule has 0 unspecified atom stereocenters. The van der Waals surface area contributed by atoms with Gasteiger partial charge >= 0.3 is 6.18 Å². The highest BCUT2D eigenvalue weighted by molar-refractivity contribution is 7.12. The van der Waals surface area contributed by atoms with Crippen molar-refractivity contribution < 1.29 is 18.0 Å². The van der Waals surface area contributed by atoms with Crippen LogP contribution in [0.15, 0.2) is 60.1 Å². The summed E-state index contributed by atoms with van der Waals surface area (Å²) in [5.41, 5.74) is 1.92. The SMILES string of the molecule is O=C(Nc1ccc(Nc2ccccc2)cc1)c1scnc1C(F)(F)F. The Morgan fingerprint density at radius 3 is 2.16 bits per heavy atom. The third-order valence-electron chi connectivity index (χ3n) is 3.25. The molecule has 128 valence electrons. The molecular formula is C17H12F3N3OS. The van der Waals surface area contributed by atoms with Crippen molar-refractivity contribution >= 4 is 34.3 Å². The zero-order chi connectivity index (χ0) is 17.9. The number of carbonyl (C=O) groups is 1. The second kappa shape index (κ2) is 6.94. The van der Waals surface area contributed by atoms with Crippen molar-refractivity contribution in [3.8, 4) is 0 Å². The average Bonchev–Trinajstić information content (AvgIpc) is 3.08. The smallest absolute Gasteiger partial charge is 0.356 e. The summed E-state index contributed by atoms with van der Waals surface area (Å²) in [6, 6.07) is 16.2. The van der Waals surface area contributed by atoms with Gasteiger partial charge in [0.1, 0.15) is 4.88 Å². The molecule has 3 rings (SSSR count). The Hall–Kier alpha value is -2.87. The van der Waals surface area contributed by atoms with E-state index in [1.54, 1.807) is 24.3 Å². The molecular weight excluding hydrogens is 351 g/mol. The molecule has 2 aromatic carbocycles. The number of carbonyl (C=O) groups excluding carboxylic acids is 1. The molecule has 0 fully saturated rings. The second-order valence-electron chi connectivity index (χ2n) is 5.05. The van der Waals surface area contributed by atoms with Gasteiger partial charge in [-0.2, -0.15) is 13.2 Å². The molecule has 1 aromatic heterocycles. The topological polar surface area (TPSA) is 54.0 Å². The summed E-state index contributed by atoms with van der Waals surface area (Å²) in [6.45, 7) is 0. The van der Waals surface area contributed by atoms with E-state index in [1.807, 2.05) is 30.3 Å². The fraction of sp³-hybridized carbons (Fsp3) is 0.0588. The van der Waals surface area contributed by atoms with Gasteiger partial charge in [0.25, 0.3) is 5.91 Å². The van der Waals surface area contributed by atoms with Crippen LogP contribution < -0.4 is 10.6 Å². The quantitative estimate of drug-likeness (QED) is 0.673. The van der Waals surface area contributed by atoms with Gasteiger partial charge in [0.15, 0.2) is 5.69 Å². The zero-order valence-corrected chi connectivity index (χ0v) is 13.5. The molecule has 1 amide bonds. The molecule has 4 nitrogen and oxygen atoms in total. The number of para-hydroxylation sites is 1. The van der Waals surface area contributed by atoms with Crippen molar-refractivity contribution in [1.29, 1.82) is 0 Å². The van der Waals surface area contributed by atoms with E-state index in [2.05, 4.69) is 15.6 Å². The molecule has 0 aliphatic rings. The van der Waals surface area contributed by atoms with Crippen molar-refractivity contribution in [3.63, 3.8) is 0 Å². The highest BCUT2D eigenvalue weighted by Crippen LogP contribution is 2.33. The number of hydrogen-bond acceptors (Lipinski definition) is 4. The molecule has 0 atom stereocenters. The molecule has 0 saturated carbocycles. The van der Waals surface area contributed by atoms with Gasteiger partial charge < -0.3 is 10.6 Å². The number of benzene rings is 2. The number of aromatic nitrogens is 1. The highest BCUT2D eigenvalue weighted by Gasteiger charge is 2.38. The first-order valence-corrected chi connectivity index (χ1v) is 8.05. The normalized spacial score (nSPS) is 11.2. The number of hydrogen-bond donors (Lipinski definition) is 2. The fourth-order valence-electron chi connectivity index (χ4n) is 2.12. The van der Waals surface area contributed by atoms with Gasteiger partial charge in [-0.25, -0.2) is 4.98 Å². The number of thiazole rings is 1. The summed E-state index contributed by atoms with van der Waals surface area (Å²) >= 11 is 0.653. The predicted octanol–water partition coefficient (Wildman–Crippen LogP) is 5.16. The minimum Gasteiger partial charge on any atom is -0.356 e. The van der Waals surface area contributed by atoms with E-state index in [-0.39, 0.29) is 0 Å². The standard InChI is InChI=1S/C17H12F3N3OS/c18-17(19,20)15-14(25-10-21-15)16(24)23-13-8-6-12(7-9-13)22-11-4-2-1-3-5-11/h1-10,22H,(H,23,24). The molecule has 0 radical (unpaired) electrons. The first-order chi connectivity index (χ1) is 11.9. The Balaban J connectivity index is 1.70. The van der Waals surface area contributed by atoms with Gasteiger partial charge in [0.05, 0.1) is 5.51 Å². The number of nitrogens with zero attached hydrogens (tertiary/aromatic N) is 1. The second-order valence-corrected chi connectivity index (χ2v) is 5.91. The maximum absolute atomic E-state index is 12.8. The molecule has 3 aromatic rings. The molecule has 0 spiro atoms. The lowest BCUT2D eigenvalue weighted by Crippen LogP contribution is -2.17. The van der Waals surface area contributed by atoms with Crippen molar-refractivity contribution in [3.05, 3.63) is 70.7 Å². The maximum atomic E-state index is 12.8. The minimum atomic E-state index is -4.66. The molecule has 1 heterocycles. The molecule has 2 N–H and O–H groups in total. The third-order valence-corrected chi connectivity index (χ3v) is 4.07. The maximum Gasteiger partial charge on any atom is 0.434 e. The van der Waals surface area contributed by atoms with Crippen LogP contribution in [0.25, 0.3) is 0 Å². The molecule has 0 aliphatic heterocycles. The summed E-state index contributed by atoms with van der Waals surface area (Å²) < 4.78 is 38.4. The molecule has 0 aliphatic carbocycles. The molecule has 0 saturated heterocycles. The van der Waals surface area contributed by atoms with E-state index < -0.39 is 22.7 Å².